The van der Waals surface area contributed by atoms with E-state index in [9.17, 15) is 9.59 Å². The molecule has 9 heteroatoms. The Labute approximate surface area is 228 Å². The van der Waals surface area contributed by atoms with Crippen LogP contribution in [0.3, 0.4) is 0 Å². The highest BCUT2D eigenvalue weighted by Crippen LogP contribution is 2.17. The third kappa shape index (κ3) is 8.80. The van der Waals surface area contributed by atoms with E-state index in [0.29, 0.717) is 59.7 Å². The van der Waals surface area contributed by atoms with Gasteiger partial charge in [0.2, 0.25) is 11.8 Å². The Morgan fingerprint density at radius 2 is 1.69 bits per heavy atom. The van der Waals surface area contributed by atoms with Crippen LogP contribution >= 0.6 is 0 Å². The quantitative estimate of drug-likeness (QED) is 0.284. The van der Waals surface area contributed by atoms with E-state index in [1.807, 2.05) is 6.92 Å². The minimum Gasteiger partial charge on any atom is -0.491 e. The Hall–Kier alpha value is -3.95. The fourth-order valence-corrected chi connectivity index (χ4v) is 4.08. The first kappa shape index (κ1) is 29.6. The summed E-state index contributed by atoms with van der Waals surface area (Å²) in [5, 5.41) is 9.74. The van der Waals surface area contributed by atoms with Crippen molar-refractivity contribution in [1.82, 2.24) is 5.32 Å². The second kappa shape index (κ2) is 14.8. The highest BCUT2D eigenvalue weighted by Gasteiger charge is 2.18. The molecule has 0 aromatic heterocycles. The van der Waals surface area contributed by atoms with Crippen molar-refractivity contribution >= 4 is 34.5 Å². The maximum Gasteiger partial charge on any atom is 0.233 e. The molecule has 1 heterocycles. The van der Waals surface area contributed by atoms with Crippen molar-refractivity contribution in [3.8, 4) is 5.75 Å². The standard InChI is InChI=1S/C30H36FN3O5/c1-5-20(3)25-17-24(39-16-15-37-4)18-26(31)30(25)27(6-2)32-21-7-9-22(10-8-21)33-28(35)19-29(36)34-23-11-13-38-14-12-23/h5-10,17-18,23,32H,1-2,11-16,19H2,3-4H3,(H,33,35)(H,34,36)/b25-20-,30-27-. The number of benzene rings is 2. The molecule has 2 aromatic carbocycles. The predicted molar refractivity (Wildman–Crippen MR) is 151 cm³/mol. The minimum atomic E-state index is -0.480. The molecule has 0 saturated carbocycles. The molecule has 208 valence electrons. The Morgan fingerprint density at radius 3 is 2.31 bits per heavy atom. The van der Waals surface area contributed by atoms with Crippen LogP contribution in [0.25, 0.3) is 11.3 Å². The minimum absolute atomic E-state index is 0.0392. The zero-order valence-corrected chi connectivity index (χ0v) is 22.5. The maximum absolute atomic E-state index is 15.4. The van der Waals surface area contributed by atoms with E-state index in [0.717, 1.165) is 18.4 Å². The van der Waals surface area contributed by atoms with Crippen molar-refractivity contribution in [3.63, 3.8) is 0 Å². The van der Waals surface area contributed by atoms with Crippen LogP contribution in [0.4, 0.5) is 15.8 Å². The molecule has 0 unspecified atom stereocenters. The monoisotopic (exact) mass is 537 g/mol. The maximum atomic E-state index is 15.4. The van der Waals surface area contributed by atoms with Crippen LogP contribution < -0.4 is 31.1 Å². The number of allylic oxidation sites excluding steroid dienone is 1. The normalized spacial score (nSPS) is 15.1. The lowest BCUT2D eigenvalue weighted by Crippen LogP contribution is -2.40. The van der Waals surface area contributed by atoms with E-state index in [4.69, 9.17) is 14.2 Å². The number of carbonyl (C=O) groups excluding carboxylic acids is 2. The summed E-state index contributed by atoms with van der Waals surface area (Å²) in [5.74, 6) is -0.822. The number of carbonyl (C=O) groups is 2. The molecule has 1 aliphatic heterocycles. The Kier molecular flexibility index (Phi) is 11.3. The van der Waals surface area contributed by atoms with Crippen LogP contribution in [0.1, 0.15) is 26.2 Å². The molecular weight excluding hydrogens is 501 g/mol. The molecule has 3 rings (SSSR count). The zero-order chi connectivity index (χ0) is 28.2. The van der Waals surface area contributed by atoms with E-state index in [1.165, 1.54) is 12.1 Å². The van der Waals surface area contributed by atoms with Gasteiger partial charge in [0.05, 0.1) is 6.61 Å². The van der Waals surface area contributed by atoms with Crippen LogP contribution in [0.15, 0.2) is 61.7 Å². The Balaban J connectivity index is 1.74. The average molecular weight is 538 g/mol. The fourth-order valence-electron chi connectivity index (χ4n) is 4.08. The van der Waals surface area contributed by atoms with Crippen molar-refractivity contribution in [2.24, 2.45) is 0 Å². The molecule has 39 heavy (non-hydrogen) atoms. The molecule has 1 aliphatic rings. The smallest absolute Gasteiger partial charge is 0.233 e. The highest BCUT2D eigenvalue weighted by atomic mass is 19.1. The van der Waals surface area contributed by atoms with Gasteiger partial charge in [0.1, 0.15) is 24.6 Å². The summed E-state index contributed by atoms with van der Waals surface area (Å²) in [7, 11) is 1.57. The van der Waals surface area contributed by atoms with Crippen LogP contribution in [0, 0.1) is 5.82 Å². The first-order chi connectivity index (χ1) is 18.8. The summed E-state index contributed by atoms with van der Waals surface area (Å²) in [6.07, 6.45) is 4.41. The van der Waals surface area contributed by atoms with Crippen molar-refractivity contribution in [2.45, 2.75) is 32.2 Å². The second-order valence-corrected chi connectivity index (χ2v) is 9.06. The van der Waals surface area contributed by atoms with Crippen molar-refractivity contribution in [1.29, 1.82) is 0 Å². The number of hydrogen-bond donors (Lipinski definition) is 3. The van der Waals surface area contributed by atoms with Crippen LogP contribution in [0.5, 0.6) is 5.75 Å². The molecule has 1 saturated heterocycles. The summed E-state index contributed by atoms with van der Waals surface area (Å²) < 4.78 is 31.3. The number of hydrogen-bond acceptors (Lipinski definition) is 6. The lowest BCUT2D eigenvalue weighted by atomic mass is 10.1. The van der Waals surface area contributed by atoms with Crippen LogP contribution in [-0.4, -0.2) is 51.4 Å². The Morgan fingerprint density at radius 1 is 1.03 bits per heavy atom. The molecule has 0 atom stereocenters. The summed E-state index contributed by atoms with van der Waals surface area (Å²) in [5.41, 5.74) is 2.40. The number of ether oxygens (including phenoxy) is 3. The second-order valence-electron chi connectivity index (χ2n) is 9.06. The van der Waals surface area contributed by atoms with Gasteiger partial charge in [-0.15, -0.1) is 0 Å². The first-order valence-corrected chi connectivity index (χ1v) is 12.8. The van der Waals surface area contributed by atoms with Crippen molar-refractivity contribution in [2.75, 3.05) is 44.2 Å². The Bertz CT molecular complexity index is 1300. The van der Waals surface area contributed by atoms with Gasteiger partial charge in [-0.1, -0.05) is 19.2 Å². The number of amides is 2. The van der Waals surface area contributed by atoms with Gasteiger partial charge in [-0.25, -0.2) is 4.39 Å². The summed E-state index contributed by atoms with van der Waals surface area (Å²) in [6.45, 7) is 11.4. The average Bonchev–Trinajstić information content (AvgIpc) is 2.92. The van der Waals surface area contributed by atoms with E-state index < -0.39 is 11.7 Å². The molecule has 3 N–H and O–H groups in total. The van der Waals surface area contributed by atoms with Gasteiger partial charge < -0.3 is 30.2 Å². The van der Waals surface area contributed by atoms with E-state index in [-0.39, 0.29) is 18.4 Å². The van der Waals surface area contributed by atoms with Gasteiger partial charge in [-0.3, -0.25) is 9.59 Å². The molecule has 2 amide bonds. The predicted octanol–water partition coefficient (Wildman–Crippen LogP) is 3.24. The lowest BCUT2D eigenvalue weighted by molar-refractivity contribution is -0.127. The summed E-state index contributed by atoms with van der Waals surface area (Å²) in [6, 6.07) is 10.00. The number of methoxy groups -OCH3 is 1. The highest BCUT2D eigenvalue weighted by molar-refractivity contribution is 6.03. The molecule has 0 spiro atoms. The molecule has 1 fully saturated rings. The number of rotatable bonds is 12. The van der Waals surface area contributed by atoms with Gasteiger partial charge in [-0.2, -0.15) is 0 Å². The molecule has 0 radical (unpaired) electrons. The molecule has 2 aromatic rings. The lowest BCUT2D eigenvalue weighted by Gasteiger charge is -2.22. The molecular formula is C30H36FN3O5. The van der Waals surface area contributed by atoms with Crippen molar-refractivity contribution in [3.05, 3.63) is 78.0 Å². The third-order valence-corrected chi connectivity index (χ3v) is 6.18. The van der Waals surface area contributed by atoms with Gasteiger partial charge >= 0.3 is 0 Å². The summed E-state index contributed by atoms with van der Waals surface area (Å²) in [4.78, 5) is 24.5. The molecule has 8 nitrogen and oxygen atoms in total. The number of nitrogens with one attached hydrogen (secondary N) is 3. The van der Waals surface area contributed by atoms with E-state index >= 15 is 4.39 Å². The van der Waals surface area contributed by atoms with Gasteiger partial charge in [-0.05, 0) is 67.0 Å². The fraction of sp³-hybridized carbons (Fsp3) is 0.333. The number of anilines is 2. The third-order valence-electron chi connectivity index (χ3n) is 6.18. The summed E-state index contributed by atoms with van der Waals surface area (Å²) >= 11 is 0. The van der Waals surface area contributed by atoms with Gasteiger partial charge in [0, 0.05) is 54.7 Å². The van der Waals surface area contributed by atoms with E-state index in [2.05, 4.69) is 29.1 Å². The largest absolute Gasteiger partial charge is 0.491 e. The van der Waals surface area contributed by atoms with Crippen molar-refractivity contribution < 1.29 is 28.2 Å². The van der Waals surface area contributed by atoms with Gasteiger partial charge in [0.15, 0.2) is 0 Å². The topological polar surface area (TPSA) is 97.9 Å². The molecule has 0 aliphatic carbocycles. The van der Waals surface area contributed by atoms with E-state index in [1.54, 1.807) is 43.5 Å². The molecule has 0 bridgehead atoms. The van der Waals surface area contributed by atoms with Crippen LogP contribution in [0.2, 0.25) is 0 Å². The zero-order valence-electron chi connectivity index (χ0n) is 22.5. The van der Waals surface area contributed by atoms with Gasteiger partial charge in [0.25, 0.3) is 0 Å². The first-order valence-electron chi connectivity index (χ1n) is 12.8. The number of halogens is 1. The van der Waals surface area contributed by atoms with Crippen LogP contribution in [-0.2, 0) is 19.1 Å². The SMILES string of the molecule is C=C/C(C)=c1/cc(OCCOC)cc(F)/c1=C(/C=C)Nc1ccc(NC(=O)CC(=O)NC2CCOCC2)cc1.